The second-order valence-corrected chi connectivity index (χ2v) is 4.70. The van der Waals surface area contributed by atoms with E-state index >= 15 is 0 Å². The number of hydrogen-bond acceptors (Lipinski definition) is 5. The second-order valence-electron chi connectivity index (χ2n) is 4.70. The van der Waals surface area contributed by atoms with Crippen LogP contribution in [0.1, 0.15) is 18.4 Å². The van der Waals surface area contributed by atoms with Crippen LogP contribution in [0.5, 0.6) is 11.5 Å². The highest BCUT2D eigenvalue weighted by atomic mass is 16.6. The Kier molecular flexibility index (Phi) is 3.90. The molecule has 6 nitrogen and oxygen atoms in total. The van der Waals surface area contributed by atoms with Crippen molar-refractivity contribution in [2.75, 3.05) is 14.2 Å². The van der Waals surface area contributed by atoms with Crippen molar-refractivity contribution < 1.29 is 19.5 Å². The summed E-state index contributed by atoms with van der Waals surface area (Å²) in [4.78, 5) is 10.6. The molecule has 2 rings (SSSR count). The highest BCUT2D eigenvalue weighted by molar-refractivity contribution is 5.54. The van der Waals surface area contributed by atoms with E-state index in [9.17, 15) is 15.2 Å². The molecule has 0 saturated heterocycles. The van der Waals surface area contributed by atoms with Crippen LogP contribution in [0.25, 0.3) is 0 Å². The summed E-state index contributed by atoms with van der Waals surface area (Å²) in [5.74, 6) is 1.03. The zero-order chi connectivity index (χ0) is 14.0. The molecule has 1 aliphatic rings. The van der Waals surface area contributed by atoms with Crippen LogP contribution in [0.4, 0.5) is 5.69 Å². The zero-order valence-electron chi connectivity index (χ0n) is 11.0. The Morgan fingerprint density at radius 1 is 1.37 bits per heavy atom. The minimum Gasteiger partial charge on any atom is -0.493 e. The van der Waals surface area contributed by atoms with Crippen molar-refractivity contribution in [3.8, 4) is 11.5 Å². The lowest BCUT2D eigenvalue weighted by molar-refractivity contribution is -0.385. The van der Waals surface area contributed by atoms with E-state index in [0.717, 1.165) is 12.8 Å². The van der Waals surface area contributed by atoms with Crippen LogP contribution >= 0.6 is 0 Å². The molecule has 1 aromatic carbocycles. The van der Waals surface area contributed by atoms with E-state index < -0.39 is 11.0 Å². The summed E-state index contributed by atoms with van der Waals surface area (Å²) >= 11 is 0. The molecule has 1 unspecified atom stereocenters. The summed E-state index contributed by atoms with van der Waals surface area (Å²) in [5.41, 5.74) is 0.430. The Balaban J connectivity index is 2.35. The molecular formula is C13H17NO5. The lowest BCUT2D eigenvalue weighted by Gasteiger charge is -2.13. The van der Waals surface area contributed by atoms with Crippen molar-refractivity contribution >= 4 is 5.69 Å². The summed E-state index contributed by atoms with van der Waals surface area (Å²) in [5, 5.41) is 21.0. The minimum absolute atomic E-state index is 0.0441. The van der Waals surface area contributed by atoms with Gasteiger partial charge in [-0.15, -0.1) is 0 Å². The summed E-state index contributed by atoms with van der Waals surface area (Å²) < 4.78 is 10.2. The first-order chi connectivity index (χ1) is 9.06. The third-order valence-corrected chi connectivity index (χ3v) is 3.38. The predicted molar refractivity (Wildman–Crippen MR) is 68.6 cm³/mol. The molecule has 1 saturated carbocycles. The number of benzene rings is 1. The second kappa shape index (κ2) is 5.44. The van der Waals surface area contributed by atoms with E-state index in [-0.39, 0.29) is 18.0 Å². The van der Waals surface area contributed by atoms with Gasteiger partial charge in [0.05, 0.1) is 31.3 Å². The van der Waals surface area contributed by atoms with E-state index in [2.05, 4.69) is 0 Å². The first-order valence-corrected chi connectivity index (χ1v) is 6.14. The van der Waals surface area contributed by atoms with Crippen molar-refractivity contribution in [1.82, 2.24) is 0 Å². The Labute approximate surface area is 111 Å². The van der Waals surface area contributed by atoms with Gasteiger partial charge in [0.25, 0.3) is 5.69 Å². The largest absolute Gasteiger partial charge is 0.493 e. The number of hydrogen-bond donors (Lipinski definition) is 1. The normalized spacial score (nSPS) is 15.9. The molecule has 0 spiro atoms. The van der Waals surface area contributed by atoms with Crippen molar-refractivity contribution in [2.45, 2.75) is 25.4 Å². The summed E-state index contributed by atoms with van der Waals surface area (Å²) in [6, 6.07) is 2.91. The summed E-state index contributed by atoms with van der Waals surface area (Å²) in [6.45, 7) is 0. The number of nitro groups is 1. The third kappa shape index (κ3) is 2.96. The highest BCUT2D eigenvalue weighted by Gasteiger charge is 2.32. The molecular weight excluding hydrogens is 250 g/mol. The molecule has 1 N–H and O–H groups in total. The van der Waals surface area contributed by atoms with Crippen LogP contribution in [-0.2, 0) is 6.42 Å². The maximum atomic E-state index is 11.1. The molecule has 0 heterocycles. The Morgan fingerprint density at radius 3 is 2.42 bits per heavy atom. The molecule has 6 heteroatoms. The van der Waals surface area contributed by atoms with Crippen molar-refractivity contribution in [2.24, 2.45) is 5.92 Å². The van der Waals surface area contributed by atoms with Gasteiger partial charge in [0, 0.05) is 12.0 Å². The average molecular weight is 267 g/mol. The molecule has 0 aromatic heterocycles. The van der Waals surface area contributed by atoms with E-state index in [0.29, 0.717) is 17.1 Å². The number of rotatable bonds is 6. The van der Waals surface area contributed by atoms with Crippen LogP contribution in [0.2, 0.25) is 0 Å². The zero-order valence-corrected chi connectivity index (χ0v) is 11.0. The third-order valence-electron chi connectivity index (χ3n) is 3.38. The van der Waals surface area contributed by atoms with Gasteiger partial charge in [0.2, 0.25) is 0 Å². The molecule has 1 atom stereocenters. The molecule has 0 radical (unpaired) electrons. The van der Waals surface area contributed by atoms with Crippen molar-refractivity contribution in [1.29, 1.82) is 0 Å². The predicted octanol–water partition coefficient (Wildman–Crippen LogP) is 1.93. The standard InChI is InChI=1S/C13H17NO5/c1-18-12-6-9(5-11(15)8-3-4-8)10(14(16)17)7-13(12)19-2/h6-8,11,15H,3-5H2,1-2H3. The lowest BCUT2D eigenvalue weighted by Crippen LogP contribution is -2.14. The van der Waals surface area contributed by atoms with Gasteiger partial charge >= 0.3 is 0 Å². The fraction of sp³-hybridized carbons (Fsp3) is 0.538. The Morgan fingerprint density at radius 2 is 1.95 bits per heavy atom. The lowest BCUT2D eigenvalue weighted by atomic mass is 10.0. The monoisotopic (exact) mass is 267 g/mol. The maximum Gasteiger partial charge on any atom is 0.276 e. The van der Waals surface area contributed by atoms with Crippen LogP contribution < -0.4 is 9.47 Å². The Hall–Kier alpha value is -1.82. The molecule has 0 amide bonds. The molecule has 1 aromatic rings. The van der Waals surface area contributed by atoms with E-state index in [1.54, 1.807) is 6.07 Å². The fourth-order valence-electron chi connectivity index (χ4n) is 2.12. The first kappa shape index (κ1) is 13.6. The summed E-state index contributed by atoms with van der Waals surface area (Å²) in [7, 11) is 2.91. The van der Waals surface area contributed by atoms with Gasteiger partial charge in [-0.2, -0.15) is 0 Å². The van der Waals surface area contributed by atoms with Gasteiger partial charge in [-0.3, -0.25) is 10.1 Å². The van der Waals surface area contributed by atoms with Gasteiger partial charge in [-0.05, 0) is 24.8 Å². The Bertz CT molecular complexity index is 484. The molecule has 0 bridgehead atoms. The topological polar surface area (TPSA) is 81.8 Å². The van der Waals surface area contributed by atoms with Gasteiger partial charge in [0.15, 0.2) is 11.5 Å². The van der Waals surface area contributed by atoms with E-state index in [1.165, 1.54) is 20.3 Å². The maximum absolute atomic E-state index is 11.1. The average Bonchev–Trinajstić information content (AvgIpc) is 3.22. The van der Waals surface area contributed by atoms with Gasteiger partial charge < -0.3 is 14.6 Å². The number of methoxy groups -OCH3 is 2. The van der Waals surface area contributed by atoms with Gasteiger partial charge in [0.1, 0.15) is 0 Å². The number of nitro benzene ring substituents is 1. The minimum atomic E-state index is -0.531. The van der Waals surface area contributed by atoms with E-state index in [4.69, 9.17) is 9.47 Å². The first-order valence-electron chi connectivity index (χ1n) is 6.14. The van der Waals surface area contributed by atoms with Crippen LogP contribution in [0.15, 0.2) is 12.1 Å². The van der Waals surface area contributed by atoms with Crippen LogP contribution in [0.3, 0.4) is 0 Å². The quantitative estimate of drug-likeness (QED) is 0.629. The van der Waals surface area contributed by atoms with E-state index in [1.807, 2.05) is 0 Å². The smallest absolute Gasteiger partial charge is 0.276 e. The van der Waals surface area contributed by atoms with Crippen molar-refractivity contribution in [3.63, 3.8) is 0 Å². The summed E-state index contributed by atoms with van der Waals surface area (Å²) in [6.07, 6.45) is 1.71. The SMILES string of the molecule is COc1cc(CC(O)C2CC2)c([N+](=O)[O-])cc1OC. The number of ether oxygens (including phenoxy) is 2. The molecule has 1 aliphatic carbocycles. The van der Waals surface area contributed by atoms with Crippen molar-refractivity contribution in [3.05, 3.63) is 27.8 Å². The molecule has 1 fully saturated rings. The van der Waals surface area contributed by atoms with Gasteiger partial charge in [-0.25, -0.2) is 0 Å². The molecule has 19 heavy (non-hydrogen) atoms. The highest BCUT2D eigenvalue weighted by Crippen LogP contribution is 2.38. The number of aliphatic hydroxyl groups is 1. The fourth-order valence-corrected chi connectivity index (χ4v) is 2.12. The van der Waals surface area contributed by atoms with Crippen LogP contribution in [0, 0.1) is 16.0 Å². The number of aliphatic hydroxyl groups excluding tert-OH is 1. The molecule has 0 aliphatic heterocycles. The van der Waals surface area contributed by atoms with Crippen LogP contribution in [-0.4, -0.2) is 30.4 Å². The van der Waals surface area contributed by atoms with Gasteiger partial charge in [-0.1, -0.05) is 0 Å². The molecule has 104 valence electrons. The number of nitrogens with zero attached hydrogens (tertiary/aromatic N) is 1.